The van der Waals surface area contributed by atoms with Crippen LogP contribution in [0.2, 0.25) is 0 Å². The second kappa shape index (κ2) is 6.86. The van der Waals surface area contributed by atoms with E-state index in [4.69, 9.17) is 10.5 Å². The van der Waals surface area contributed by atoms with Crippen LogP contribution in [0.25, 0.3) is 0 Å². The van der Waals surface area contributed by atoms with Crippen LogP contribution in [-0.4, -0.2) is 24.4 Å². The number of hydrogen-bond donors (Lipinski definition) is 1. The Morgan fingerprint density at radius 1 is 1.33 bits per heavy atom. The molecule has 0 aliphatic rings. The molecule has 0 heterocycles. The minimum absolute atomic E-state index is 0.0732. The van der Waals surface area contributed by atoms with Gasteiger partial charge in [0.1, 0.15) is 17.6 Å². The van der Waals surface area contributed by atoms with Gasteiger partial charge in [0.05, 0.1) is 6.61 Å². The number of halogens is 1. The number of benzene rings is 1. The molecule has 0 aliphatic carbocycles. The van der Waals surface area contributed by atoms with Crippen LogP contribution >= 0.6 is 0 Å². The molecule has 0 fully saturated rings. The molecule has 1 unspecified atom stereocenters. The average Bonchev–Trinajstić information content (AvgIpc) is 2.32. The number of Topliss-reactive ketones (excluding diaryl/α,β-unsaturated/α-hetero) is 1. The second-order valence-corrected chi connectivity index (χ2v) is 3.90. The molecule has 2 N–H and O–H groups in total. The third-order valence-corrected chi connectivity index (χ3v) is 2.35. The number of ether oxygens (including phenoxy) is 1. The highest BCUT2D eigenvalue weighted by Crippen LogP contribution is 2.06. The fraction of sp³-hybridized carbons (Fsp3) is 0.385. The summed E-state index contributed by atoms with van der Waals surface area (Å²) < 4.78 is 17.4. The molecule has 98 valence electrons. The van der Waals surface area contributed by atoms with E-state index in [0.29, 0.717) is 5.56 Å². The fourth-order valence-corrected chi connectivity index (χ4v) is 1.48. The predicted octanol–water partition coefficient (Wildman–Crippen LogP) is 1.22. The Morgan fingerprint density at radius 3 is 2.50 bits per heavy atom. The van der Waals surface area contributed by atoms with Gasteiger partial charge in [0.15, 0.2) is 0 Å². The molecule has 1 aromatic rings. The van der Waals surface area contributed by atoms with Crippen molar-refractivity contribution in [3.8, 4) is 0 Å². The molecule has 18 heavy (non-hydrogen) atoms. The van der Waals surface area contributed by atoms with E-state index in [0.717, 1.165) is 0 Å². The van der Waals surface area contributed by atoms with E-state index >= 15 is 0 Å². The number of carbonyl (C=O) groups is 2. The molecule has 1 atom stereocenters. The molecular weight excluding hydrogens is 237 g/mol. The van der Waals surface area contributed by atoms with Crippen LogP contribution in [0.5, 0.6) is 0 Å². The van der Waals surface area contributed by atoms with Crippen LogP contribution in [-0.2, 0) is 20.7 Å². The van der Waals surface area contributed by atoms with Crippen molar-refractivity contribution >= 4 is 11.8 Å². The van der Waals surface area contributed by atoms with Crippen molar-refractivity contribution in [3.05, 3.63) is 35.6 Å². The molecule has 5 heteroatoms. The Kier molecular flexibility index (Phi) is 5.45. The SMILES string of the molecule is CCOC(=O)C(N)CC(=O)Cc1ccc(F)cc1. The number of ketones is 1. The van der Waals surface area contributed by atoms with E-state index in [1.165, 1.54) is 24.3 Å². The fourth-order valence-electron chi connectivity index (χ4n) is 1.48. The molecule has 1 aromatic carbocycles. The van der Waals surface area contributed by atoms with Gasteiger partial charge in [-0.25, -0.2) is 4.39 Å². The zero-order valence-corrected chi connectivity index (χ0v) is 10.2. The lowest BCUT2D eigenvalue weighted by molar-refractivity contribution is -0.146. The highest BCUT2D eigenvalue weighted by atomic mass is 19.1. The molecule has 0 radical (unpaired) electrons. The zero-order chi connectivity index (χ0) is 13.5. The molecule has 1 rings (SSSR count). The van der Waals surface area contributed by atoms with E-state index in [2.05, 4.69) is 0 Å². The third kappa shape index (κ3) is 4.63. The maximum Gasteiger partial charge on any atom is 0.323 e. The zero-order valence-electron chi connectivity index (χ0n) is 10.2. The van der Waals surface area contributed by atoms with Gasteiger partial charge in [0, 0.05) is 12.8 Å². The lowest BCUT2D eigenvalue weighted by Gasteiger charge is -2.09. The second-order valence-electron chi connectivity index (χ2n) is 3.90. The van der Waals surface area contributed by atoms with E-state index in [1.807, 2.05) is 0 Å². The van der Waals surface area contributed by atoms with Crippen LogP contribution in [0.3, 0.4) is 0 Å². The van der Waals surface area contributed by atoms with Gasteiger partial charge >= 0.3 is 5.97 Å². The lowest BCUT2D eigenvalue weighted by Crippen LogP contribution is -2.34. The molecule has 0 aliphatic heterocycles. The average molecular weight is 253 g/mol. The van der Waals surface area contributed by atoms with Crippen LogP contribution in [0, 0.1) is 5.82 Å². The van der Waals surface area contributed by atoms with E-state index in [-0.39, 0.29) is 31.0 Å². The molecule has 0 amide bonds. The number of esters is 1. The van der Waals surface area contributed by atoms with Gasteiger partial charge in [-0.1, -0.05) is 12.1 Å². The molecule has 0 saturated carbocycles. The van der Waals surface area contributed by atoms with Crippen LogP contribution < -0.4 is 5.73 Å². The van der Waals surface area contributed by atoms with Crippen molar-refractivity contribution in [2.45, 2.75) is 25.8 Å². The summed E-state index contributed by atoms with van der Waals surface area (Å²) in [4.78, 5) is 22.9. The maximum atomic E-state index is 12.7. The van der Waals surface area contributed by atoms with Crippen molar-refractivity contribution < 1.29 is 18.7 Å². The van der Waals surface area contributed by atoms with Crippen LogP contribution in [0.1, 0.15) is 18.9 Å². The van der Waals surface area contributed by atoms with E-state index in [9.17, 15) is 14.0 Å². The standard InChI is InChI=1S/C13H16FNO3/c1-2-18-13(17)12(15)8-11(16)7-9-3-5-10(14)6-4-9/h3-6,12H,2,7-8,15H2,1H3. The molecule has 0 saturated heterocycles. The van der Waals surface area contributed by atoms with E-state index < -0.39 is 12.0 Å². The monoisotopic (exact) mass is 253 g/mol. The summed E-state index contributed by atoms with van der Waals surface area (Å²) >= 11 is 0. The van der Waals surface area contributed by atoms with Gasteiger partial charge in [0.2, 0.25) is 0 Å². The molecule has 4 nitrogen and oxygen atoms in total. The Balaban J connectivity index is 2.46. The van der Waals surface area contributed by atoms with Crippen molar-refractivity contribution in [2.24, 2.45) is 5.73 Å². The first-order valence-electron chi connectivity index (χ1n) is 5.71. The summed E-state index contributed by atoms with van der Waals surface area (Å²) in [5.41, 5.74) is 6.22. The Hall–Kier alpha value is -1.75. The Labute approximate surface area is 105 Å². The quantitative estimate of drug-likeness (QED) is 0.774. The van der Waals surface area contributed by atoms with Crippen molar-refractivity contribution in [3.63, 3.8) is 0 Å². The Bertz CT molecular complexity index is 417. The van der Waals surface area contributed by atoms with Crippen molar-refractivity contribution in [1.29, 1.82) is 0 Å². The molecule has 0 bridgehead atoms. The minimum Gasteiger partial charge on any atom is -0.465 e. The maximum absolute atomic E-state index is 12.7. The Morgan fingerprint density at radius 2 is 1.94 bits per heavy atom. The van der Waals surface area contributed by atoms with Crippen LogP contribution in [0.4, 0.5) is 4.39 Å². The van der Waals surface area contributed by atoms with Gasteiger partial charge in [-0.05, 0) is 24.6 Å². The number of rotatable bonds is 6. The topological polar surface area (TPSA) is 69.4 Å². The van der Waals surface area contributed by atoms with E-state index in [1.54, 1.807) is 6.92 Å². The largest absolute Gasteiger partial charge is 0.465 e. The molecular formula is C13H16FNO3. The van der Waals surface area contributed by atoms with Gasteiger partial charge in [0.25, 0.3) is 0 Å². The summed E-state index contributed by atoms with van der Waals surface area (Å²) in [7, 11) is 0. The number of nitrogens with two attached hydrogens (primary N) is 1. The number of carbonyl (C=O) groups excluding carboxylic acids is 2. The smallest absolute Gasteiger partial charge is 0.323 e. The molecule has 0 aromatic heterocycles. The first-order chi connectivity index (χ1) is 8.52. The summed E-state index contributed by atoms with van der Waals surface area (Å²) in [5.74, 6) is -1.11. The van der Waals surface area contributed by atoms with Gasteiger partial charge in [-0.3, -0.25) is 9.59 Å². The van der Waals surface area contributed by atoms with Crippen LogP contribution in [0.15, 0.2) is 24.3 Å². The lowest BCUT2D eigenvalue weighted by atomic mass is 10.0. The van der Waals surface area contributed by atoms with Gasteiger partial charge in [-0.15, -0.1) is 0 Å². The summed E-state index contributed by atoms with van der Waals surface area (Å²) in [6.45, 7) is 1.91. The third-order valence-electron chi connectivity index (χ3n) is 2.35. The summed E-state index contributed by atoms with van der Waals surface area (Å²) in [5, 5.41) is 0. The minimum atomic E-state index is -0.933. The first-order valence-corrected chi connectivity index (χ1v) is 5.71. The van der Waals surface area contributed by atoms with Crippen molar-refractivity contribution in [2.75, 3.05) is 6.61 Å². The first kappa shape index (κ1) is 14.3. The highest BCUT2D eigenvalue weighted by molar-refractivity contribution is 5.87. The summed E-state index contributed by atoms with van der Waals surface area (Å²) in [6, 6.07) is 4.70. The predicted molar refractivity (Wildman–Crippen MR) is 64.3 cm³/mol. The number of hydrogen-bond acceptors (Lipinski definition) is 4. The summed E-state index contributed by atoms with van der Waals surface area (Å²) in [6.07, 6.45) is 0.0591. The molecule has 0 spiro atoms. The normalized spacial score (nSPS) is 11.9. The van der Waals surface area contributed by atoms with Gasteiger partial charge < -0.3 is 10.5 Å². The highest BCUT2D eigenvalue weighted by Gasteiger charge is 2.18. The van der Waals surface area contributed by atoms with Crippen molar-refractivity contribution in [1.82, 2.24) is 0 Å². The van der Waals surface area contributed by atoms with Gasteiger partial charge in [-0.2, -0.15) is 0 Å².